The van der Waals surface area contributed by atoms with Gasteiger partial charge in [0.1, 0.15) is 11.5 Å². The number of ether oxygens (including phenoxy) is 2. The summed E-state index contributed by atoms with van der Waals surface area (Å²) in [6.07, 6.45) is 0. The van der Waals surface area contributed by atoms with E-state index in [1.165, 1.54) is 0 Å². The Bertz CT molecular complexity index is 921. The maximum Gasteiger partial charge on any atom is 0.262 e. The van der Waals surface area contributed by atoms with Crippen LogP contribution in [0.5, 0.6) is 11.5 Å². The minimum Gasteiger partial charge on any atom is -0.497 e. The second kappa shape index (κ2) is 8.35. The van der Waals surface area contributed by atoms with Gasteiger partial charge < -0.3 is 19.3 Å². The number of aromatic nitrogens is 2. The maximum atomic E-state index is 12.1. The topological polar surface area (TPSA) is 86.5 Å². The van der Waals surface area contributed by atoms with Crippen molar-refractivity contribution in [2.75, 3.05) is 19.0 Å². The number of anilines is 1. The fourth-order valence-electron chi connectivity index (χ4n) is 2.35. The molecule has 27 heavy (non-hydrogen) atoms. The molecule has 0 saturated heterocycles. The lowest BCUT2D eigenvalue weighted by Crippen LogP contribution is -2.20. The summed E-state index contributed by atoms with van der Waals surface area (Å²) in [5.41, 5.74) is 1.38. The van der Waals surface area contributed by atoms with Crippen molar-refractivity contribution in [1.29, 1.82) is 0 Å². The van der Waals surface area contributed by atoms with Gasteiger partial charge in [0.2, 0.25) is 0 Å². The molecule has 0 aliphatic carbocycles. The lowest BCUT2D eigenvalue weighted by atomic mass is 10.2. The Kier molecular flexibility index (Phi) is 5.71. The minimum absolute atomic E-state index is 0.123. The number of carbonyl (C=O) groups is 1. The SMILES string of the molecule is COc1cccc(NC(=O)COc2cccc(-c3nc(C(C)C)no3)c2)c1. The number of nitrogens with zero attached hydrogens (tertiary/aromatic N) is 2. The third kappa shape index (κ3) is 4.84. The Balaban J connectivity index is 1.61. The lowest BCUT2D eigenvalue weighted by molar-refractivity contribution is -0.118. The average Bonchev–Trinajstić information content (AvgIpc) is 3.17. The molecule has 3 rings (SSSR count). The molecule has 140 valence electrons. The molecule has 2 aromatic carbocycles. The van der Waals surface area contributed by atoms with E-state index in [0.717, 1.165) is 5.56 Å². The van der Waals surface area contributed by atoms with Crippen molar-refractivity contribution in [2.45, 2.75) is 19.8 Å². The fourth-order valence-corrected chi connectivity index (χ4v) is 2.35. The first kappa shape index (κ1) is 18.4. The second-order valence-electron chi connectivity index (χ2n) is 6.21. The molecule has 1 heterocycles. The quantitative estimate of drug-likeness (QED) is 0.682. The zero-order valence-corrected chi connectivity index (χ0v) is 15.4. The molecule has 3 aromatic rings. The van der Waals surface area contributed by atoms with Gasteiger partial charge in [-0.2, -0.15) is 4.98 Å². The van der Waals surface area contributed by atoms with E-state index in [1.807, 2.05) is 26.0 Å². The third-order valence-electron chi connectivity index (χ3n) is 3.76. The first-order chi connectivity index (χ1) is 13.0. The van der Waals surface area contributed by atoms with Gasteiger partial charge >= 0.3 is 0 Å². The number of methoxy groups -OCH3 is 1. The van der Waals surface area contributed by atoms with E-state index in [4.69, 9.17) is 14.0 Å². The highest BCUT2D eigenvalue weighted by atomic mass is 16.5. The molecular weight excluding hydrogens is 346 g/mol. The highest BCUT2D eigenvalue weighted by molar-refractivity contribution is 5.92. The van der Waals surface area contributed by atoms with Crippen LogP contribution in [-0.2, 0) is 4.79 Å². The van der Waals surface area contributed by atoms with E-state index in [2.05, 4.69) is 15.5 Å². The minimum atomic E-state index is -0.270. The number of benzene rings is 2. The summed E-state index contributed by atoms with van der Waals surface area (Å²) in [5, 5.41) is 6.72. The van der Waals surface area contributed by atoms with E-state index in [-0.39, 0.29) is 18.4 Å². The van der Waals surface area contributed by atoms with Crippen molar-refractivity contribution in [2.24, 2.45) is 0 Å². The first-order valence-electron chi connectivity index (χ1n) is 8.56. The summed E-state index contributed by atoms with van der Waals surface area (Å²) in [6, 6.07) is 14.3. The van der Waals surface area contributed by atoms with E-state index in [0.29, 0.717) is 28.9 Å². The molecule has 1 amide bonds. The molecule has 7 nitrogen and oxygen atoms in total. The normalized spacial score (nSPS) is 10.7. The number of carbonyl (C=O) groups excluding carboxylic acids is 1. The summed E-state index contributed by atoms with van der Waals surface area (Å²) in [5.74, 6) is 2.19. The van der Waals surface area contributed by atoms with Gasteiger partial charge in [-0.1, -0.05) is 31.1 Å². The van der Waals surface area contributed by atoms with Gasteiger partial charge in [-0.3, -0.25) is 4.79 Å². The zero-order valence-electron chi connectivity index (χ0n) is 15.4. The van der Waals surface area contributed by atoms with Gasteiger partial charge in [-0.15, -0.1) is 0 Å². The summed E-state index contributed by atoms with van der Waals surface area (Å²) in [4.78, 5) is 16.5. The monoisotopic (exact) mass is 367 g/mol. The van der Waals surface area contributed by atoms with Gasteiger partial charge in [-0.05, 0) is 30.3 Å². The molecule has 0 bridgehead atoms. The smallest absolute Gasteiger partial charge is 0.262 e. The summed E-state index contributed by atoms with van der Waals surface area (Å²) in [6.45, 7) is 3.87. The van der Waals surface area contributed by atoms with Crippen LogP contribution in [0.4, 0.5) is 5.69 Å². The van der Waals surface area contributed by atoms with Gasteiger partial charge in [0.05, 0.1) is 7.11 Å². The van der Waals surface area contributed by atoms with Crippen LogP contribution in [0.3, 0.4) is 0 Å². The Labute approximate surface area is 157 Å². The molecule has 7 heteroatoms. The van der Waals surface area contributed by atoms with Crippen LogP contribution in [0.2, 0.25) is 0 Å². The van der Waals surface area contributed by atoms with Crippen LogP contribution < -0.4 is 14.8 Å². The van der Waals surface area contributed by atoms with Crippen molar-refractivity contribution in [3.8, 4) is 23.0 Å². The van der Waals surface area contributed by atoms with E-state index in [1.54, 1.807) is 43.5 Å². The van der Waals surface area contributed by atoms with Crippen molar-refractivity contribution < 1.29 is 18.8 Å². The zero-order chi connectivity index (χ0) is 19.2. The molecule has 0 unspecified atom stereocenters. The van der Waals surface area contributed by atoms with Gasteiger partial charge in [0.15, 0.2) is 12.4 Å². The molecule has 0 aliphatic heterocycles. The Morgan fingerprint density at radius 1 is 1.15 bits per heavy atom. The largest absolute Gasteiger partial charge is 0.497 e. The number of rotatable bonds is 7. The van der Waals surface area contributed by atoms with Crippen molar-refractivity contribution in [3.05, 3.63) is 54.4 Å². The number of hydrogen-bond donors (Lipinski definition) is 1. The Morgan fingerprint density at radius 2 is 1.93 bits per heavy atom. The molecule has 0 aliphatic rings. The van der Waals surface area contributed by atoms with Crippen LogP contribution in [0, 0.1) is 0 Å². The van der Waals surface area contributed by atoms with Gasteiger partial charge in [0, 0.05) is 23.2 Å². The number of nitrogens with one attached hydrogen (secondary N) is 1. The Morgan fingerprint density at radius 3 is 2.67 bits per heavy atom. The maximum absolute atomic E-state index is 12.1. The highest BCUT2D eigenvalue weighted by Gasteiger charge is 2.12. The van der Waals surface area contributed by atoms with Gasteiger partial charge in [0.25, 0.3) is 11.8 Å². The predicted octanol–water partition coefficient (Wildman–Crippen LogP) is 3.89. The van der Waals surface area contributed by atoms with E-state index < -0.39 is 0 Å². The third-order valence-corrected chi connectivity index (χ3v) is 3.76. The van der Waals surface area contributed by atoms with E-state index in [9.17, 15) is 4.79 Å². The molecule has 0 saturated carbocycles. The average molecular weight is 367 g/mol. The van der Waals surface area contributed by atoms with E-state index >= 15 is 0 Å². The van der Waals surface area contributed by atoms with Crippen LogP contribution in [0.15, 0.2) is 53.1 Å². The van der Waals surface area contributed by atoms with Crippen LogP contribution in [0.25, 0.3) is 11.5 Å². The molecule has 0 radical (unpaired) electrons. The second-order valence-corrected chi connectivity index (χ2v) is 6.21. The number of hydrogen-bond acceptors (Lipinski definition) is 6. The molecular formula is C20H21N3O4. The standard InChI is InChI=1S/C20H21N3O4/c1-13(2)19-22-20(27-23-19)14-6-4-9-17(10-14)26-12-18(24)21-15-7-5-8-16(11-15)25-3/h4-11,13H,12H2,1-3H3,(H,21,24). The molecule has 1 aromatic heterocycles. The van der Waals surface area contributed by atoms with Gasteiger partial charge in [-0.25, -0.2) is 0 Å². The summed E-state index contributed by atoms with van der Waals surface area (Å²) in [7, 11) is 1.57. The van der Waals surface area contributed by atoms with Crippen molar-refractivity contribution in [1.82, 2.24) is 10.1 Å². The molecule has 0 spiro atoms. The summed E-state index contributed by atoms with van der Waals surface area (Å²) < 4.78 is 16.0. The Hall–Kier alpha value is -3.35. The van der Waals surface area contributed by atoms with Crippen molar-refractivity contribution >= 4 is 11.6 Å². The van der Waals surface area contributed by atoms with Crippen molar-refractivity contribution in [3.63, 3.8) is 0 Å². The van der Waals surface area contributed by atoms with Crippen LogP contribution in [-0.4, -0.2) is 29.8 Å². The lowest BCUT2D eigenvalue weighted by Gasteiger charge is -2.09. The number of amides is 1. The van der Waals surface area contributed by atoms with Crippen LogP contribution >= 0.6 is 0 Å². The molecule has 0 fully saturated rings. The summed E-state index contributed by atoms with van der Waals surface area (Å²) >= 11 is 0. The molecule has 1 N–H and O–H groups in total. The molecule has 0 atom stereocenters. The highest BCUT2D eigenvalue weighted by Crippen LogP contribution is 2.24. The van der Waals surface area contributed by atoms with Crippen LogP contribution in [0.1, 0.15) is 25.6 Å². The first-order valence-corrected chi connectivity index (χ1v) is 8.56. The fraction of sp³-hybridized carbons (Fsp3) is 0.250. The predicted molar refractivity (Wildman–Crippen MR) is 101 cm³/mol.